The molecule has 1 aromatic heterocycles. The van der Waals surface area contributed by atoms with Crippen molar-refractivity contribution in [3.8, 4) is 11.4 Å². The minimum absolute atomic E-state index is 0.0765. The van der Waals surface area contributed by atoms with E-state index in [4.69, 9.17) is 4.74 Å². The van der Waals surface area contributed by atoms with Gasteiger partial charge in [-0.05, 0) is 74.6 Å². The van der Waals surface area contributed by atoms with Crippen LogP contribution < -0.4 is 10.2 Å². The molecule has 2 aromatic carbocycles. The number of carbonyl (C=O) groups is 1. The van der Waals surface area contributed by atoms with Crippen molar-refractivity contribution in [1.29, 1.82) is 0 Å². The Kier molecular flexibility index (Phi) is 7.29. The molecule has 0 saturated heterocycles. The Morgan fingerprint density at radius 3 is 2.58 bits per heavy atom. The number of nitrogens with zero attached hydrogens (tertiary/aromatic N) is 2. The van der Waals surface area contributed by atoms with E-state index in [1.165, 1.54) is 16.8 Å². The number of aryl methyl sites for hydroxylation is 4. The lowest BCUT2D eigenvalue weighted by Crippen LogP contribution is -2.24. The molecule has 0 unspecified atom stereocenters. The number of ether oxygens (including phenoxy) is 1. The van der Waals surface area contributed by atoms with Crippen LogP contribution in [0.4, 0.5) is 0 Å². The summed E-state index contributed by atoms with van der Waals surface area (Å²) >= 11 is 0. The molecule has 1 amide bonds. The average Bonchev–Trinajstić information content (AvgIpc) is 3.04. The molecule has 162 valence electrons. The molecule has 0 saturated carbocycles. The van der Waals surface area contributed by atoms with E-state index >= 15 is 0 Å². The molecule has 31 heavy (non-hydrogen) atoms. The zero-order valence-corrected chi connectivity index (χ0v) is 19.0. The number of nitrogens with one attached hydrogen (secondary N) is 1. The smallest absolute Gasteiger partial charge is 0.277 e. The van der Waals surface area contributed by atoms with Gasteiger partial charge in [-0.25, -0.2) is 5.43 Å². The lowest BCUT2D eigenvalue weighted by Gasteiger charge is -2.13. The summed E-state index contributed by atoms with van der Waals surface area (Å²) in [5, 5.41) is 4.14. The highest BCUT2D eigenvalue weighted by atomic mass is 16.5. The predicted octanol–water partition coefficient (Wildman–Crippen LogP) is 5.06. The highest BCUT2D eigenvalue weighted by Crippen LogP contribution is 2.23. The second-order valence-corrected chi connectivity index (χ2v) is 7.73. The number of rotatable bonds is 8. The molecule has 5 heteroatoms. The van der Waals surface area contributed by atoms with Crippen LogP contribution in [0.15, 0.2) is 53.6 Å². The number of hydrogen-bond acceptors (Lipinski definition) is 3. The van der Waals surface area contributed by atoms with Gasteiger partial charge < -0.3 is 9.30 Å². The van der Waals surface area contributed by atoms with Crippen molar-refractivity contribution in [1.82, 2.24) is 9.99 Å². The van der Waals surface area contributed by atoms with Gasteiger partial charge in [-0.2, -0.15) is 5.10 Å². The van der Waals surface area contributed by atoms with Crippen molar-refractivity contribution < 1.29 is 9.53 Å². The fourth-order valence-corrected chi connectivity index (χ4v) is 3.78. The second-order valence-electron chi connectivity index (χ2n) is 7.73. The van der Waals surface area contributed by atoms with Gasteiger partial charge in [-0.1, -0.05) is 38.1 Å². The molecule has 0 aliphatic heterocycles. The molecular weight excluding hydrogens is 386 g/mol. The summed E-state index contributed by atoms with van der Waals surface area (Å²) < 4.78 is 7.86. The number of benzene rings is 2. The fraction of sp³-hybridized carbons (Fsp3) is 0.308. The molecule has 0 radical (unpaired) electrons. The Bertz CT molecular complexity index is 1100. The van der Waals surface area contributed by atoms with Crippen LogP contribution in [0, 0.1) is 20.8 Å². The van der Waals surface area contributed by atoms with Gasteiger partial charge in [-0.15, -0.1) is 0 Å². The maximum atomic E-state index is 12.2. The van der Waals surface area contributed by atoms with Gasteiger partial charge in [0.25, 0.3) is 5.91 Å². The molecule has 0 spiro atoms. The Labute approximate surface area is 184 Å². The third kappa shape index (κ3) is 5.43. The van der Waals surface area contributed by atoms with Crippen molar-refractivity contribution in [3.63, 3.8) is 0 Å². The van der Waals surface area contributed by atoms with Crippen LogP contribution in [0.2, 0.25) is 0 Å². The van der Waals surface area contributed by atoms with E-state index in [1.807, 2.05) is 19.1 Å². The van der Waals surface area contributed by atoms with Crippen LogP contribution in [0.3, 0.4) is 0 Å². The highest BCUT2D eigenvalue weighted by Gasteiger charge is 2.12. The molecule has 0 bridgehead atoms. The van der Waals surface area contributed by atoms with Gasteiger partial charge in [0, 0.05) is 22.6 Å². The van der Waals surface area contributed by atoms with Gasteiger partial charge in [0.2, 0.25) is 0 Å². The van der Waals surface area contributed by atoms with Crippen molar-refractivity contribution in [2.45, 2.75) is 47.5 Å². The van der Waals surface area contributed by atoms with E-state index in [1.54, 1.807) is 6.21 Å². The Balaban J connectivity index is 1.65. The third-order valence-electron chi connectivity index (χ3n) is 5.37. The van der Waals surface area contributed by atoms with Crippen LogP contribution in [-0.4, -0.2) is 23.3 Å². The van der Waals surface area contributed by atoms with Crippen LogP contribution >= 0.6 is 0 Å². The molecule has 1 N–H and O–H groups in total. The monoisotopic (exact) mass is 417 g/mol. The number of aromatic nitrogens is 1. The largest absolute Gasteiger partial charge is 0.484 e. The van der Waals surface area contributed by atoms with Crippen molar-refractivity contribution in [2.24, 2.45) is 5.10 Å². The maximum absolute atomic E-state index is 12.2. The number of hydrogen-bond donors (Lipinski definition) is 1. The zero-order valence-electron chi connectivity index (χ0n) is 19.0. The topological polar surface area (TPSA) is 55.6 Å². The Morgan fingerprint density at radius 2 is 1.84 bits per heavy atom. The maximum Gasteiger partial charge on any atom is 0.277 e. The van der Waals surface area contributed by atoms with E-state index in [9.17, 15) is 4.79 Å². The summed E-state index contributed by atoms with van der Waals surface area (Å²) in [6.07, 6.45) is 3.58. The van der Waals surface area contributed by atoms with E-state index < -0.39 is 0 Å². The van der Waals surface area contributed by atoms with Crippen LogP contribution in [0.25, 0.3) is 5.69 Å². The SMILES string of the molecule is CCc1cc(C)cc(OCC(=O)N/N=C/c2cc(C)n(-c3ccccc3CC)c2C)c1. The lowest BCUT2D eigenvalue weighted by atomic mass is 10.1. The number of para-hydroxylation sites is 1. The van der Waals surface area contributed by atoms with Gasteiger partial charge >= 0.3 is 0 Å². The van der Waals surface area contributed by atoms with Crippen LogP contribution in [0.5, 0.6) is 5.75 Å². The van der Waals surface area contributed by atoms with Crippen molar-refractivity contribution in [2.75, 3.05) is 6.61 Å². The molecule has 1 heterocycles. The summed E-state index contributed by atoms with van der Waals surface area (Å²) in [5.74, 6) is 0.412. The molecular formula is C26H31N3O2. The van der Waals surface area contributed by atoms with E-state index in [2.05, 4.69) is 79.2 Å². The molecule has 3 aromatic rings. The van der Waals surface area contributed by atoms with Gasteiger partial charge in [0.15, 0.2) is 6.61 Å². The first kappa shape index (κ1) is 22.3. The predicted molar refractivity (Wildman–Crippen MR) is 126 cm³/mol. The van der Waals surface area contributed by atoms with Gasteiger partial charge in [-0.3, -0.25) is 4.79 Å². The summed E-state index contributed by atoms with van der Waals surface area (Å²) in [7, 11) is 0. The van der Waals surface area contributed by atoms with Crippen LogP contribution in [-0.2, 0) is 17.6 Å². The Hall–Kier alpha value is -3.34. The molecule has 0 atom stereocenters. The van der Waals surface area contributed by atoms with Gasteiger partial charge in [0.05, 0.1) is 6.21 Å². The molecule has 0 aliphatic carbocycles. The van der Waals surface area contributed by atoms with E-state index in [0.717, 1.165) is 35.4 Å². The first-order valence-electron chi connectivity index (χ1n) is 10.7. The summed E-state index contributed by atoms with van der Waals surface area (Å²) in [5.41, 5.74) is 10.5. The minimum atomic E-state index is -0.291. The van der Waals surface area contributed by atoms with E-state index in [-0.39, 0.29) is 12.5 Å². The third-order valence-corrected chi connectivity index (χ3v) is 5.37. The highest BCUT2D eigenvalue weighted by molar-refractivity contribution is 5.84. The second kappa shape index (κ2) is 10.1. The molecule has 3 rings (SSSR count). The number of amides is 1. The normalized spacial score (nSPS) is 11.1. The lowest BCUT2D eigenvalue weighted by molar-refractivity contribution is -0.123. The standard InChI is InChI=1S/C26H31N3O2/c1-6-21-12-18(3)13-24(15-21)31-17-26(30)28-27-16-23-14-19(4)29(20(23)5)25-11-9-8-10-22(25)7-2/h8-16H,6-7,17H2,1-5H3,(H,28,30)/b27-16+. The molecule has 5 nitrogen and oxygen atoms in total. The minimum Gasteiger partial charge on any atom is -0.484 e. The molecule has 0 aliphatic rings. The summed E-state index contributed by atoms with van der Waals surface area (Å²) in [6.45, 7) is 10.3. The molecule has 0 fully saturated rings. The first-order chi connectivity index (χ1) is 14.9. The first-order valence-corrected chi connectivity index (χ1v) is 10.7. The Morgan fingerprint density at radius 1 is 1.06 bits per heavy atom. The van der Waals surface area contributed by atoms with E-state index in [0.29, 0.717) is 5.75 Å². The summed E-state index contributed by atoms with van der Waals surface area (Å²) in [4.78, 5) is 12.2. The van der Waals surface area contributed by atoms with Crippen molar-refractivity contribution >= 4 is 12.1 Å². The zero-order chi connectivity index (χ0) is 22.4. The number of carbonyl (C=O) groups excluding carboxylic acids is 1. The van der Waals surface area contributed by atoms with Crippen LogP contribution in [0.1, 0.15) is 47.5 Å². The summed E-state index contributed by atoms with van der Waals surface area (Å²) in [6, 6.07) is 16.5. The van der Waals surface area contributed by atoms with Crippen molar-refractivity contribution in [3.05, 3.63) is 82.2 Å². The number of hydrazone groups is 1. The average molecular weight is 418 g/mol. The van der Waals surface area contributed by atoms with Gasteiger partial charge in [0.1, 0.15) is 5.75 Å². The quantitative estimate of drug-likeness (QED) is 0.412. The fourth-order valence-electron chi connectivity index (χ4n) is 3.78.